The molecular weight excluding hydrogens is 346 g/mol. The van der Waals surface area contributed by atoms with Crippen molar-refractivity contribution >= 4 is 37.5 Å². The van der Waals surface area contributed by atoms with Crippen molar-refractivity contribution in [1.29, 1.82) is 0 Å². The van der Waals surface area contributed by atoms with Crippen molar-refractivity contribution in [1.82, 2.24) is 0 Å². The van der Waals surface area contributed by atoms with Crippen LogP contribution >= 0.6 is 31.9 Å². The third kappa shape index (κ3) is 3.24. The fraction of sp³-hybridized carbons (Fsp3) is 0.538. The van der Waals surface area contributed by atoms with Crippen molar-refractivity contribution in [2.24, 2.45) is 5.92 Å². The largest absolute Gasteiger partial charge is 0.381 e. The lowest BCUT2D eigenvalue weighted by Gasteiger charge is -2.22. The molecule has 2 rings (SSSR count). The van der Waals surface area contributed by atoms with Crippen LogP contribution in [0.5, 0.6) is 0 Å². The maximum atomic E-state index is 5.43. The summed E-state index contributed by atoms with van der Waals surface area (Å²) in [5.74, 6) is 0.607. The molecule has 1 aromatic rings. The molecule has 0 amide bonds. The van der Waals surface area contributed by atoms with Gasteiger partial charge in [-0.15, -0.1) is 0 Å². The van der Waals surface area contributed by atoms with Crippen LogP contribution in [0.25, 0.3) is 0 Å². The Balaban J connectivity index is 2.12. The first-order valence-electron chi connectivity index (χ1n) is 5.88. The molecule has 2 atom stereocenters. The number of halogens is 2. The van der Waals surface area contributed by atoms with Crippen LogP contribution in [-0.4, -0.2) is 19.3 Å². The van der Waals surface area contributed by atoms with Crippen molar-refractivity contribution in [3.05, 3.63) is 26.6 Å². The molecule has 2 nitrogen and oxygen atoms in total. The number of nitrogens with one attached hydrogen (secondary N) is 1. The first-order valence-corrected chi connectivity index (χ1v) is 7.46. The smallest absolute Gasteiger partial charge is 0.0631 e. The number of ether oxygens (including phenoxy) is 1. The van der Waals surface area contributed by atoms with E-state index in [0.717, 1.165) is 34.3 Å². The second-order valence-corrected chi connectivity index (χ2v) is 6.37. The van der Waals surface area contributed by atoms with E-state index in [-0.39, 0.29) is 0 Å². The Morgan fingerprint density at radius 2 is 2.00 bits per heavy atom. The van der Waals surface area contributed by atoms with Crippen LogP contribution in [0, 0.1) is 12.8 Å². The summed E-state index contributed by atoms with van der Waals surface area (Å²) in [6, 6.07) is 4.68. The zero-order valence-electron chi connectivity index (χ0n) is 10.1. The third-order valence-corrected chi connectivity index (χ3v) is 4.48. The standard InChI is InChI=1S/C13H17Br2NO/c1-8-5-11(14)13(12(15)6-8)16-9(2)10-3-4-17-7-10/h5-6,9-10,16H,3-4,7H2,1-2H3. The molecular formula is C13H17Br2NO. The van der Waals surface area contributed by atoms with E-state index < -0.39 is 0 Å². The summed E-state index contributed by atoms with van der Waals surface area (Å²) in [6.07, 6.45) is 1.15. The summed E-state index contributed by atoms with van der Waals surface area (Å²) < 4.78 is 7.65. The van der Waals surface area contributed by atoms with Gasteiger partial charge in [0.15, 0.2) is 0 Å². The summed E-state index contributed by atoms with van der Waals surface area (Å²) in [5, 5.41) is 3.57. The Hall–Kier alpha value is -0.0600. The molecule has 1 aliphatic rings. The fourth-order valence-corrected chi connectivity index (χ4v) is 3.77. The summed E-state index contributed by atoms with van der Waals surface area (Å²) in [6.45, 7) is 6.08. The van der Waals surface area contributed by atoms with Gasteiger partial charge in [0, 0.05) is 27.5 Å². The molecule has 1 aromatic carbocycles. The Morgan fingerprint density at radius 1 is 1.35 bits per heavy atom. The SMILES string of the molecule is Cc1cc(Br)c(NC(C)C2CCOC2)c(Br)c1. The molecule has 1 fully saturated rings. The van der Waals surface area contributed by atoms with Crippen molar-refractivity contribution in [3.63, 3.8) is 0 Å². The molecule has 2 unspecified atom stereocenters. The van der Waals surface area contributed by atoms with Gasteiger partial charge < -0.3 is 10.1 Å². The highest BCUT2D eigenvalue weighted by Crippen LogP contribution is 2.34. The lowest BCUT2D eigenvalue weighted by Crippen LogP contribution is -2.26. The summed E-state index contributed by atoms with van der Waals surface area (Å²) in [5.41, 5.74) is 2.38. The maximum absolute atomic E-state index is 5.43. The number of rotatable bonds is 3. The predicted octanol–water partition coefficient (Wildman–Crippen LogP) is 4.36. The summed E-state index contributed by atoms with van der Waals surface area (Å²) >= 11 is 7.22. The number of aryl methyl sites for hydroxylation is 1. The van der Waals surface area contributed by atoms with Crippen molar-refractivity contribution in [3.8, 4) is 0 Å². The van der Waals surface area contributed by atoms with Gasteiger partial charge in [-0.2, -0.15) is 0 Å². The number of hydrogen-bond acceptors (Lipinski definition) is 2. The maximum Gasteiger partial charge on any atom is 0.0631 e. The van der Waals surface area contributed by atoms with Gasteiger partial charge in [-0.3, -0.25) is 0 Å². The quantitative estimate of drug-likeness (QED) is 0.862. The molecule has 1 N–H and O–H groups in total. The normalized spacial score (nSPS) is 21.5. The Kier molecular flexibility index (Phi) is 4.50. The number of anilines is 1. The second kappa shape index (κ2) is 5.72. The first-order chi connectivity index (χ1) is 8.08. The molecule has 1 aliphatic heterocycles. The van der Waals surface area contributed by atoms with Crippen LogP contribution in [0.1, 0.15) is 18.9 Å². The molecule has 0 spiro atoms. The molecule has 1 heterocycles. The molecule has 0 radical (unpaired) electrons. The van der Waals surface area contributed by atoms with E-state index in [1.165, 1.54) is 5.56 Å². The molecule has 0 aromatic heterocycles. The van der Waals surface area contributed by atoms with Gasteiger partial charge in [-0.25, -0.2) is 0 Å². The predicted molar refractivity (Wildman–Crippen MR) is 78.6 cm³/mol. The number of hydrogen-bond donors (Lipinski definition) is 1. The van der Waals surface area contributed by atoms with E-state index in [0.29, 0.717) is 12.0 Å². The van der Waals surface area contributed by atoms with E-state index >= 15 is 0 Å². The van der Waals surface area contributed by atoms with Crippen molar-refractivity contribution < 1.29 is 4.74 Å². The Morgan fingerprint density at radius 3 is 2.53 bits per heavy atom. The van der Waals surface area contributed by atoms with Gasteiger partial charge in [0.2, 0.25) is 0 Å². The average molecular weight is 363 g/mol. The minimum absolute atomic E-state index is 0.424. The van der Waals surface area contributed by atoms with Gasteiger partial charge in [0.1, 0.15) is 0 Å². The highest BCUT2D eigenvalue weighted by atomic mass is 79.9. The van der Waals surface area contributed by atoms with E-state index in [1.807, 2.05) is 0 Å². The molecule has 4 heteroatoms. The van der Waals surface area contributed by atoms with Gasteiger partial charge in [0.25, 0.3) is 0 Å². The average Bonchev–Trinajstić information content (AvgIpc) is 2.76. The molecule has 0 bridgehead atoms. The van der Waals surface area contributed by atoms with Crippen LogP contribution in [0.15, 0.2) is 21.1 Å². The Labute approximate surface area is 119 Å². The van der Waals surface area contributed by atoms with Gasteiger partial charge >= 0.3 is 0 Å². The highest BCUT2D eigenvalue weighted by molar-refractivity contribution is 9.11. The molecule has 0 saturated carbocycles. The first kappa shape index (κ1) is 13.4. The summed E-state index contributed by atoms with van der Waals surface area (Å²) in [4.78, 5) is 0. The van der Waals surface area contributed by atoms with E-state index in [4.69, 9.17) is 4.74 Å². The Bertz CT molecular complexity index is 379. The fourth-order valence-electron chi connectivity index (χ4n) is 2.13. The minimum Gasteiger partial charge on any atom is -0.381 e. The lowest BCUT2D eigenvalue weighted by molar-refractivity contribution is 0.183. The zero-order valence-corrected chi connectivity index (χ0v) is 13.3. The second-order valence-electron chi connectivity index (χ2n) is 4.66. The van der Waals surface area contributed by atoms with Crippen LogP contribution < -0.4 is 5.32 Å². The van der Waals surface area contributed by atoms with Crippen LogP contribution in [-0.2, 0) is 4.74 Å². The van der Waals surface area contributed by atoms with Gasteiger partial charge in [-0.1, -0.05) is 0 Å². The van der Waals surface area contributed by atoms with Gasteiger partial charge in [0.05, 0.1) is 12.3 Å². The van der Waals surface area contributed by atoms with E-state index in [2.05, 4.69) is 63.2 Å². The molecule has 0 aliphatic carbocycles. The van der Waals surface area contributed by atoms with Crippen LogP contribution in [0.4, 0.5) is 5.69 Å². The lowest BCUT2D eigenvalue weighted by atomic mass is 10.0. The van der Waals surface area contributed by atoms with Crippen LogP contribution in [0.2, 0.25) is 0 Å². The third-order valence-electron chi connectivity index (χ3n) is 3.23. The van der Waals surface area contributed by atoms with E-state index in [1.54, 1.807) is 0 Å². The van der Waals surface area contributed by atoms with Gasteiger partial charge in [-0.05, 0) is 69.8 Å². The van der Waals surface area contributed by atoms with Crippen molar-refractivity contribution in [2.75, 3.05) is 18.5 Å². The topological polar surface area (TPSA) is 21.3 Å². The molecule has 17 heavy (non-hydrogen) atoms. The minimum atomic E-state index is 0.424. The van der Waals surface area contributed by atoms with Crippen LogP contribution in [0.3, 0.4) is 0 Å². The van der Waals surface area contributed by atoms with E-state index in [9.17, 15) is 0 Å². The monoisotopic (exact) mass is 361 g/mol. The summed E-state index contributed by atoms with van der Waals surface area (Å²) in [7, 11) is 0. The zero-order chi connectivity index (χ0) is 12.4. The number of benzene rings is 1. The van der Waals surface area contributed by atoms with Crippen molar-refractivity contribution in [2.45, 2.75) is 26.3 Å². The molecule has 94 valence electrons. The molecule has 1 saturated heterocycles. The highest BCUT2D eigenvalue weighted by Gasteiger charge is 2.23.